The molecule has 40 heavy (non-hydrogen) atoms. The van der Waals surface area contributed by atoms with Gasteiger partial charge >= 0.3 is 6.18 Å². The van der Waals surface area contributed by atoms with Crippen molar-refractivity contribution in [1.29, 1.82) is 0 Å². The number of methoxy groups -OCH3 is 1. The summed E-state index contributed by atoms with van der Waals surface area (Å²) in [7, 11) is 1.71. The minimum Gasteiger partial charge on any atom is -0.380 e. The molecule has 0 aromatic heterocycles. The van der Waals surface area contributed by atoms with Gasteiger partial charge in [0.2, 0.25) is 11.8 Å². The highest BCUT2D eigenvalue weighted by Crippen LogP contribution is 2.39. The van der Waals surface area contributed by atoms with Crippen LogP contribution in [0.5, 0.6) is 0 Å². The zero-order valence-corrected chi connectivity index (χ0v) is 24.7. The Morgan fingerprint density at radius 1 is 1.02 bits per heavy atom. The Morgan fingerprint density at radius 2 is 1.80 bits per heavy atom. The minimum atomic E-state index is -4.30. The van der Waals surface area contributed by atoms with E-state index < -0.39 is 24.2 Å². The first-order chi connectivity index (χ1) is 18.9. The van der Waals surface area contributed by atoms with Crippen LogP contribution in [0.2, 0.25) is 0 Å². The monoisotopic (exact) mass is 610 g/mol. The van der Waals surface area contributed by atoms with Gasteiger partial charge < -0.3 is 25.6 Å². The number of alkyl halides is 4. The fourth-order valence-electron chi connectivity index (χ4n) is 7.39. The van der Waals surface area contributed by atoms with Crippen molar-refractivity contribution in [2.24, 2.45) is 23.7 Å². The van der Waals surface area contributed by atoms with Crippen molar-refractivity contribution in [2.75, 3.05) is 33.3 Å². The third kappa shape index (κ3) is 6.55. The largest absolute Gasteiger partial charge is 0.403 e. The van der Waals surface area contributed by atoms with Gasteiger partial charge in [0, 0.05) is 56.7 Å². The highest BCUT2D eigenvalue weighted by atomic mass is 35.5. The maximum absolute atomic E-state index is 13.6. The average Bonchev–Trinajstić information content (AvgIpc) is 3.46. The molecule has 0 aromatic carbocycles. The molecule has 5 rings (SSSR count). The van der Waals surface area contributed by atoms with E-state index in [9.17, 15) is 22.8 Å². The zero-order valence-electron chi connectivity index (χ0n) is 23.2. The minimum absolute atomic E-state index is 0.00291. The number of carbonyl (C=O) groups is 2. The third-order valence-electron chi connectivity index (χ3n) is 9.59. The van der Waals surface area contributed by atoms with Crippen LogP contribution in [-0.4, -0.2) is 103 Å². The van der Waals surface area contributed by atoms with Gasteiger partial charge in [0.05, 0.1) is 23.4 Å². The molecule has 0 bridgehead atoms. The number of nitrogens with one attached hydrogen (secondary N) is 5. The molecule has 228 valence electrons. The van der Waals surface area contributed by atoms with E-state index in [1.54, 1.807) is 30.7 Å². The molecular weight excluding hydrogens is 569 g/mol. The number of likely N-dealkylation sites (tertiary alicyclic amines) is 1. The van der Waals surface area contributed by atoms with Gasteiger partial charge in [-0.05, 0) is 51.4 Å². The smallest absolute Gasteiger partial charge is 0.380 e. The Balaban J connectivity index is 1.14. The third-order valence-corrected chi connectivity index (χ3v) is 11.3. The second-order valence-corrected chi connectivity index (χ2v) is 14.1. The molecule has 14 heteroatoms. The summed E-state index contributed by atoms with van der Waals surface area (Å²) < 4.78 is 45.1. The fraction of sp³-hybridized carbons (Fsp3) is 0.923. The number of amides is 2. The van der Waals surface area contributed by atoms with E-state index in [4.69, 9.17) is 16.3 Å². The van der Waals surface area contributed by atoms with Gasteiger partial charge in [0.1, 0.15) is 11.5 Å². The molecular formula is C26H42ClF3N6O3S. The summed E-state index contributed by atoms with van der Waals surface area (Å²) in [6, 6.07) is -1.76. The molecule has 5 fully saturated rings. The maximum atomic E-state index is 13.6. The number of ether oxygens (including phenoxy) is 1. The van der Waals surface area contributed by atoms with Crippen LogP contribution in [0.15, 0.2) is 0 Å². The highest BCUT2D eigenvalue weighted by molar-refractivity contribution is 8.00. The second-order valence-electron chi connectivity index (χ2n) is 12.2. The first kappa shape index (κ1) is 30.6. The van der Waals surface area contributed by atoms with Gasteiger partial charge in [0.15, 0.2) is 0 Å². The van der Waals surface area contributed by atoms with E-state index in [2.05, 4.69) is 33.5 Å². The number of thioether (sulfide) groups is 1. The number of halogens is 4. The van der Waals surface area contributed by atoms with Crippen molar-refractivity contribution in [3.63, 3.8) is 0 Å². The molecule has 5 heterocycles. The lowest BCUT2D eigenvalue weighted by Gasteiger charge is -2.45. The summed E-state index contributed by atoms with van der Waals surface area (Å²) in [5, 5.41) is 16.1. The van der Waals surface area contributed by atoms with E-state index in [1.807, 2.05) is 0 Å². The zero-order chi connectivity index (χ0) is 28.8. The standard InChI is InChI=1S/C26H42ClF3N6O3S/c1-12-6-15(16-7-22(27)32-9-19(16)39-3)17(8-31-12)23(37)35-25-34-18-10-36(11-20(18)40-25)24(38)14-4-5-21(26(28,29)30)33-13(14)2/h12-22,25,31-34H,4-11H2,1-3H3,(H,35,37). The van der Waals surface area contributed by atoms with Crippen LogP contribution in [0.25, 0.3) is 0 Å². The lowest BCUT2D eigenvalue weighted by molar-refractivity contribution is -0.168. The summed E-state index contributed by atoms with van der Waals surface area (Å²) in [4.78, 5) is 28.6. The van der Waals surface area contributed by atoms with Gasteiger partial charge in [-0.3, -0.25) is 20.2 Å². The Labute approximate surface area is 243 Å². The molecule has 5 saturated heterocycles. The van der Waals surface area contributed by atoms with Crippen molar-refractivity contribution in [2.45, 2.75) is 92.2 Å². The molecule has 0 spiro atoms. The van der Waals surface area contributed by atoms with E-state index >= 15 is 0 Å². The van der Waals surface area contributed by atoms with Gasteiger partial charge in [0.25, 0.3) is 0 Å². The Kier molecular flexibility index (Phi) is 9.51. The van der Waals surface area contributed by atoms with Crippen LogP contribution in [0.4, 0.5) is 13.2 Å². The number of carbonyl (C=O) groups excluding carboxylic acids is 2. The molecule has 0 aliphatic carbocycles. The average molecular weight is 611 g/mol. The molecule has 0 saturated carbocycles. The fourth-order valence-corrected chi connectivity index (χ4v) is 9.09. The maximum Gasteiger partial charge on any atom is 0.403 e. The molecule has 0 radical (unpaired) electrons. The summed E-state index contributed by atoms with van der Waals surface area (Å²) in [5.74, 6) is -0.428. The van der Waals surface area contributed by atoms with Crippen molar-refractivity contribution >= 4 is 35.2 Å². The van der Waals surface area contributed by atoms with E-state index in [0.29, 0.717) is 32.2 Å². The predicted molar refractivity (Wildman–Crippen MR) is 148 cm³/mol. The summed E-state index contributed by atoms with van der Waals surface area (Å²) in [6.07, 6.45) is -2.54. The van der Waals surface area contributed by atoms with Crippen LogP contribution in [0.3, 0.4) is 0 Å². The number of rotatable bonds is 5. The number of nitrogens with zero attached hydrogens (tertiary/aromatic N) is 1. The first-order valence-corrected chi connectivity index (χ1v) is 15.8. The van der Waals surface area contributed by atoms with E-state index in [-0.39, 0.29) is 70.8 Å². The lowest BCUT2D eigenvalue weighted by Crippen LogP contribution is -2.57. The SMILES string of the molecule is COC1CNC(Cl)CC1C1CC(C)NCC1C(=O)NC1NC2CN(C(=O)C3CCC(C(F)(F)F)NC3C)CC2S1. The molecule has 2 amide bonds. The number of hydrogen-bond donors (Lipinski definition) is 5. The highest BCUT2D eigenvalue weighted by Gasteiger charge is 2.49. The number of fused-ring (bicyclic) bond motifs is 1. The molecule has 9 nitrogen and oxygen atoms in total. The Bertz CT molecular complexity index is 923. The number of hydrogen-bond acceptors (Lipinski definition) is 8. The van der Waals surface area contributed by atoms with Crippen molar-refractivity contribution in [1.82, 2.24) is 31.5 Å². The number of piperidine rings is 3. The van der Waals surface area contributed by atoms with Gasteiger partial charge in [-0.1, -0.05) is 0 Å². The molecule has 5 aliphatic heterocycles. The summed E-state index contributed by atoms with van der Waals surface area (Å²) in [6.45, 7) is 6.08. The van der Waals surface area contributed by atoms with E-state index in [0.717, 1.165) is 12.8 Å². The second kappa shape index (κ2) is 12.4. The van der Waals surface area contributed by atoms with Gasteiger partial charge in [-0.25, -0.2) is 0 Å². The van der Waals surface area contributed by atoms with Crippen LogP contribution in [-0.2, 0) is 14.3 Å². The molecule has 12 unspecified atom stereocenters. The van der Waals surface area contributed by atoms with Crippen molar-refractivity contribution < 1.29 is 27.5 Å². The van der Waals surface area contributed by atoms with Crippen LogP contribution in [0.1, 0.15) is 39.5 Å². The summed E-state index contributed by atoms with van der Waals surface area (Å²) >= 11 is 8.06. The summed E-state index contributed by atoms with van der Waals surface area (Å²) in [5.41, 5.74) is -0.393. The van der Waals surface area contributed by atoms with E-state index in [1.165, 1.54) is 0 Å². The Morgan fingerprint density at radius 3 is 2.48 bits per heavy atom. The van der Waals surface area contributed by atoms with Crippen molar-refractivity contribution in [3.8, 4) is 0 Å². The first-order valence-electron chi connectivity index (χ1n) is 14.4. The quantitative estimate of drug-likeness (QED) is 0.235. The van der Waals surface area contributed by atoms with Crippen LogP contribution >= 0.6 is 23.4 Å². The van der Waals surface area contributed by atoms with Crippen LogP contribution < -0.4 is 26.6 Å². The molecule has 5 N–H and O–H groups in total. The predicted octanol–water partition coefficient (Wildman–Crippen LogP) is 1.42. The Hall–Kier alpha value is -0.830. The normalized spacial score (nSPS) is 44.3. The van der Waals surface area contributed by atoms with Crippen LogP contribution in [0, 0.1) is 23.7 Å². The lowest BCUT2D eigenvalue weighted by atomic mass is 9.70. The van der Waals surface area contributed by atoms with Gasteiger partial charge in [-0.15, -0.1) is 23.4 Å². The van der Waals surface area contributed by atoms with Gasteiger partial charge in [-0.2, -0.15) is 13.2 Å². The topological polar surface area (TPSA) is 107 Å². The molecule has 0 aromatic rings. The molecule has 5 aliphatic rings. The van der Waals surface area contributed by atoms with Crippen molar-refractivity contribution in [3.05, 3.63) is 0 Å². The molecule has 12 atom stereocenters.